The van der Waals surface area contributed by atoms with Crippen LogP contribution in [0, 0.1) is 5.92 Å². The van der Waals surface area contributed by atoms with Gasteiger partial charge < -0.3 is 32.5 Å². The van der Waals surface area contributed by atoms with Crippen molar-refractivity contribution in [2.24, 2.45) is 17.4 Å². The molecule has 4 unspecified atom stereocenters. The number of carboxylic acids is 1. The molecule has 0 heterocycles. The zero-order valence-corrected chi connectivity index (χ0v) is 19.4. The third-order valence-electron chi connectivity index (χ3n) is 5.48. The molecular formula is C23H37N5O5. The van der Waals surface area contributed by atoms with Gasteiger partial charge in [-0.25, -0.2) is 4.79 Å². The highest BCUT2D eigenvalue weighted by atomic mass is 16.4. The molecule has 1 aromatic rings. The van der Waals surface area contributed by atoms with Crippen molar-refractivity contribution in [1.82, 2.24) is 16.0 Å². The second kappa shape index (κ2) is 15.0. The number of benzene rings is 1. The monoisotopic (exact) mass is 463 g/mol. The quantitative estimate of drug-likeness (QED) is 0.197. The lowest BCUT2D eigenvalue weighted by atomic mass is 9.98. The largest absolute Gasteiger partial charge is 0.480 e. The maximum Gasteiger partial charge on any atom is 0.326 e. The molecule has 0 aliphatic carbocycles. The minimum atomic E-state index is -1.18. The van der Waals surface area contributed by atoms with Crippen molar-refractivity contribution in [3.8, 4) is 0 Å². The zero-order valence-electron chi connectivity index (χ0n) is 19.4. The first-order valence-electron chi connectivity index (χ1n) is 11.3. The molecule has 1 rings (SSSR count). The molecule has 0 aliphatic rings. The Morgan fingerprint density at radius 3 is 2.24 bits per heavy atom. The van der Waals surface area contributed by atoms with Crippen LogP contribution in [0.1, 0.15) is 45.1 Å². The van der Waals surface area contributed by atoms with Gasteiger partial charge in [-0.15, -0.1) is 0 Å². The van der Waals surface area contributed by atoms with E-state index in [2.05, 4.69) is 16.0 Å². The van der Waals surface area contributed by atoms with Gasteiger partial charge in [0, 0.05) is 6.42 Å². The number of amides is 3. The summed E-state index contributed by atoms with van der Waals surface area (Å²) in [6.07, 6.45) is 2.46. The van der Waals surface area contributed by atoms with E-state index in [0.717, 1.165) is 5.56 Å². The molecule has 10 nitrogen and oxygen atoms in total. The van der Waals surface area contributed by atoms with Gasteiger partial charge in [0.15, 0.2) is 0 Å². The number of carbonyl (C=O) groups excluding carboxylic acids is 3. The van der Waals surface area contributed by atoms with Crippen LogP contribution in [-0.2, 0) is 25.6 Å². The van der Waals surface area contributed by atoms with E-state index in [1.807, 2.05) is 19.9 Å². The van der Waals surface area contributed by atoms with Crippen molar-refractivity contribution in [2.75, 3.05) is 13.1 Å². The van der Waals surface area contributed by atoms with Crippen molar-refractivity contribution < 1.29 is 24.3 Å². The molecule has 0 saturated heterocycles. The smallest absolute Gasteiger partial charge is 0.326 e. The van der Waals surface area contributed by atoms with Crippen LogP contribution in [-0.4, -0.2) is 60.0 Å². The Morgan fingerprint density at radius 1 is 1.00 bits per heavy atom. The molecule has 0 radical (unpaired) electrons. The van der Waals surface area contributed by atoms with E-state index in [4.69, 9.17) is 11.5 Å². The molecule has 0 aliphatic heterocycles. The van der Waals surface area contributed by atoms with Gasteiger partial charge in [0.05, 0.1) is 12.6 Å². The summed E-state index contributed by atoms with van der Waals surface area (Å²) in [5.41, 5.74) is 12.2. The summed E-state index contributed by atoms with van der Waals surface area (Å²) in [6.45, 7) is 3.81. The second-order valence-corrected chi connectivity index (χ2v) is 8.12. The maximum absolute atomic E-state index is 12.7. The van der Waals surface area contributed by atoms with Crippen molar-refractivity contribution in [2.45, 2.75) is 64.1 Å². The Labute approximate surface area is 194 Å². The molecule has 1 aromatic carbocycles. The number of carboxylic acid groups (broad SMARTS) is 1. The summed E-state index contributed by atoms with van der Waals surface area (Å²) in [6, 6.07) is 6.15. The summed E-state index contributed by atoms with van der Waals surface area (Å²) in [7, 11) is 0. The van der Waals surface area contributed by atoms with E-state index in [1.54, 1.807) is 24.3 Å². The number of rotatable bonds is 15. The fourth-order valence-corrected chi connectivity index (χ4v) is 3.13. The van der Waals surface area contributed by atoms with Crippen LogP contribution in [0.4, 0.5) is 0 Å². The van der Waals surface area contributed by atoms with Crippen LogP contribution in [0.25, 0.3) is 0 Å². The van der Waals surface area contributed by atoms with Gasteiger partial charge in [-0.2, -0.15) is 0 Å². The van der Waals surface area contributed by atoms with Crippen LogP contribution in [0.3, 0.4) is 0 Å². The molecule has 3 amide bonds. The molecule has 184 valence electrons. The fraction of sp³-hybridized carbons (Fsp3) is 0.565. The van der Waals surface area contributed by atoms with Crippen LogP contribution in [0.5, 0.6) is 0 Å². The van der Waals surface area contributed by atoms with E-state index in [-0.39, 0.29) is 12.3 Å². The molecule has 0 bridgehead atoms. The molecule has 0 fully saturated rings. The number of nitrogens with one attached hydrogen (secondary N) is 3. The van der Waals surface area contributed by atoms with Gasteiger partial charge in [0.2, 0.25) is 17.7 Å². The SMILES string of the molecule is CCC(C)C(N)C(=O)NC(CCCCN)C(=O)NCC(=O)NC(Cc1ccccc1)C(=O)O. The van der Waals surface area contributed by atoms with Crippen LogP contribution >= 0.6 is 0 Å². The Bertz CT molecular complexity index is 774. The molecule has 8 N–H and O–H groups in total. The molecule has 0 saturated carbocycles. The van der Waals surface area contributed by atoms with Gasteiger partial charge in [-0.1, -0.05) is 50.6 Å². The lowest BCUT2D eigenvalue weighted by Gasteiger charge is -2.23. The highest BCUT2D eigenvalue weighted by Crippen LogP contribution is 2.08. The van der Waals surface area contributed by atoms with E-state index < -0.39 is 48.4 Å². The number of unbranched alkanes of at least 4 members (excludes halogenated alkanes) is 1. The summed E-state index contributed by atoms with van der Waals surface area (Å²) >= 11 is 0. The maximum atomic E-state index is 12.7. The van der Waals surface area contributed by atoms with Crippen molar-refractivity contribution in [1.29, 1.82) is 0 Å². The lowest BCUT2D eigenvalue weighted by molar-refractivity contribution is -0.141. The first-order valence-corrected chi connectivity index (χ1v) is 11.3. The van der Waals surface area contributed by atoms with E-state index >= 15 is 0 Å². The fourth-order valence-electron chi connectivity index (χ4n) is 3.13. The Morgan fingerprint density at radius 2 is 1.67 bits per heavy atom. The van der Waals surface area contributed by atoms with Gasteiger partial charge in [0.25, 0.3) is 0 Å². The van der Waals surface area contributed by atoms with Gasteiger partial charge in [0.1, 0.15) is 12.1 Å². The number of carbonyl (C=O) groups is 4. The average molecular weight is 464 g/mol. The predicted molar refractivity (Wildman–Crippen MR) is 125 cm³/mol. The molecule has 0 aromatic heterocycles. The molecular weight excluding hydrogens is 426 g/mol. The summed E-state index contributed by atoms with van der Waals surface area (Å²) in [4.78, 5) is 48.9. The van der Waals surface area contributed by atoms with Crippen LogP contribution in [0.2, 0.25) is 0 Å². The first kappa shape index (κ1) is 28.1. The van der Waals surface area contributed by atoms with Crippen molar-refractivity contribution in [3.63, 3.8) is 0 Å². The lowest BCUT2D eigenvalue weighted by Crippen LogP contribution is -2.54. The number of aliphatic carboxylic acids is 1. The third kappa shape index (κ3) is 10.5. The Hall–Kier alpha value is -2.98. The van der Waals surface area contributed by atoms with Gasteiger partial charge in [-0.05, 0) is 37.3 Å². The first-order chi connectivity index (χ1) is 15.7. The molecule has 10 heteroatoms. The summed E-state index contributed by atoms with van der Waals surface area (Å²) in [5, 5.41) is 17.0. The highest BCUT2D eigenvalue weighted by molar-refractivity contribution is 5.92. The average Bonchev–Trinajstić information content (AvgIpc) is 2.80. The van der Waals surface area contributed by atoms with Gasteiger partial charge >= 0.3 is 5.97 Å². The topological polar surface area (TPSA) is 177 Å². The number of nitrogens with two attached hydrogens (primary N) is 2. The van der Waals surface area contributed by atoms with Crippen LogP contribution in [0.15, 0.2) is 30.3 Å². The minimum Gasteiger partial charge on any atom is -0.480 e. The van der Waals surface area contributed by atoms with E-state index in [1.165, 1.54) is 0 Å². The van der Waals surface area contributed by atoms with Crippen LogP contribution < -0.4 is 27.4 Å². The van der Waals surface area contributed by atoms with E-state index in [0.29, 0.717) is 32.2 Å². The Kier molecular flexibility index (Phi) is 12.7. The summed E-state index contributed by atoms with van der Waals surface area (Å²) in [5.74, 6) is -2.85. The van der Waals surface area contributed by atoms with Crippen molar-refractivity contribution >= 4 is 23.7 Å². The minimum absolute atomic E-state index is 0.0545. The Balaban J connectivity index is 2.68. The van der Waals surface area contributed by atoms with Crippen molar-refractivity contribution in [3.05, 3.63) is 35.9 Å². The number of hydrogen-bond donors (Lipinski definition) is 6. The highest BCUT2D eigenvalue weighted by Gasteiger charge is 2.26. The standard InChI is InChI=1S/C23H37N5O5/c1-3-15(2)20(25)22(31)28-17(11-7-8-12-24)21(30)26-14-19(29)27-18(23(32)33)13-16-9-5-4-6-10-16/h4-6,9-10,15,17-18,20H,3,7-8,11-14,24-25H2,1-2H3,(H,26,30)(H,27,29)(H,28,31)(H,32,33). The predicted octanol–water partition coefficient (Wildman–Crippen LogP) is -0.0981. The normalized spacial score (nSPS) is 14.4. The number of hydrogen-bond acceptors (Lipinski definition) is 6. The third-order valence-corrected chi connectivity index (χ3v) is 5.48. The summed E-state index contributed by atoms with van der Waals surface area (Å²) < 4.78 is 0. The van der Waals surface area contributed by atoms with Gasteiger partial charge in [-0.3, -0.25) is 14.4 Å². The molecule has 4 atom stereocenters. The molecule has 0 spiro atoms. The second-order valence-electron chi connectivity index (χ2n) is 8.12. The zero-order chi connectivity index (χ0) is 24.8. The van der Waals surface area contributed by atoms with E-state index in [9.17, 15) is 24.3 Å². The molecule has 33 heavy (non-hydrogen) atoms.